The van der Waals surface area contributed by atoms with E-state index in [1.54, 1.807) is 6.07 Å². The molecule has 2 N–H and O–H groups in total. The lowest BCUT2D eigenvalue weighted by Gasteiger charge is -2.15. The largest absolute Gasteiger partial charge is 0.495 e. The van der Waals surface area contributed by atoms with Crippen molar-refractivity contribution in [3.05, 3.63) is 23.8 Å². The Morgan fingerprint density at radius 1 is 1.21 bits per heavy atom. The fourth-order valence-electron chi connectivity index (χ4n) is 2.35. The minimum absolute atomic E-state index is 0.0303. The van der Waals surface area contributed by atoms with Gasteiger partial charge in [-0.2, -0.15) is 0 Å². The van der Waals surface area contributed by atoms with E-state index >= 15 is 0 Å². The number of benzene rings is 1. The van der Waals surface area contributed by atoms with Crippen LogP contribution in [0.5, 0.6) is 5.75 Å². The average molecular weight is 356 g/mol. The number of carbonyl (C=O) groups is 1. The van der Waals surface area contributed by atoms with Crippen LogP contribution in [0.25, 0.3) is 0 Å². The molecule has 24 heavy (non-hydrogen) atoms. The number of hydrogen-bond acceptors (Lipinski definition) is 4. The quantitative estimate of drug-likeness (QED) is 0.712. The summed E-state index contributed by atoms with van der Waals surface area (Å²) < 4.78 is 31.4. The van der Waals surface area contributed by atoms with Crippen molar-refractivity contribution in [2.24, 2.45) is 5.92 Å². The summed E-state index contributed by atoms with van der Waals surface area (Å²) >= 11 is 0. The standard InChI is InChI=1S/C17H28N2O4S/c1-12(2)7-6-8-13(3)19-17(20)14-9-10-15(23-5)16(11-14)24(21,22)18-4/h9-13,18H,6-8H2,1-5H3,(H,19,20)/t13-/m1/s1. The maximum Gasteiger partial charge on any atom is 0.251 e. The van der Waals surface area contributed by atoms with Crippen molar-refractivity contribution in [3.8, 4) is 5.75 Å². The van der Waals surface area contributed by atoms with Crippen LogP contribution in [-0.4, -0.2) is 34.5 Å². The lowest BCUT2D eigenvalue weighted by molar-refractivity contribution is 0.0937. The van der Waals surface area contributed by atoms with E-state index in [-0.39, 0.29) is 22.6 Å². The van der Waals surface area contributed by atoms with E-state index in [2.05, 4.69) is 23.9 Å². The molecule has 0 spiro atoms. The van der Waals surface area contributed by atoms with Crippen LogP contribution in [0.2, 0.25) is 0 Å². The van der Waals surface area contributed by atoms with E-state index in [9.17, 15) is 13.2 Å². The van der Waals surface area contributed by atoms with Crippen molar-refractivity contribution >= 4 is 15.9 Å². The Bertz CT molecular complexity index is 657. The number of hydrogen-bond donors (Lipinski definition) is 2. The van der Waals surface area contributed by atoms with Crippen molar-refractivity contribution in [1.29, 1.82) is 0 Å². The predicted octanol–water partition coefficient (Wildman–Crippen LogP) is 2.55. The van der Waals surface area contributed by atoms with Gasteiger partial charge in [-0.05, 0) is 44.5 Å². The summed E-state index contributed by atoms with van der Waals surface area (Å²) in [6, 6.07) is 4.41. The number of rotatable bonds is 9. The molecule has 1 rings (SSSR count). The fraction of sp³-hybridized carbons (Fsp3) is 0.588. The minimum atomic E-state index is -3.70. The second-order valence-electron chi connectivity index (χ2n) is 6.27. The molecule has 0 saturated heterocycles. The summed E-state index contributed by atoms with van der Waals surface area (Å²) in [4.78, 5) is 12.3. The number of methoxy groups -OCH3 is 1. The molecule has 7 heteroatoms. The topological polar surface area (TPSA) is 84.5 Å². The first-order valence-electron chi connectivity index (χ1n) is 8.13. The van der Waals surface area contributed by atoms with Crippen LogP contribution < -0.4 is 14.8 Å². The molecular formula is C17H28N2O4S. The molecule has 0 saturated carbocycles. The van der Waals surface area contributed by atoms with Gasteiger partial charge in [0.1, 0.15) is 10.6 Å². The second-order valence-corrected chi connectivity index (χ2v) is 8.13. The maximum atomic E-state index is 12.4. The molecule has 0 fully saturated rings. The summed E-state index contributed by atoms with van der Waals surface area (Å²) in [6.07, 6.45) is 3.05. The summed E-state index contributed by atoms with van der Waals surface area (Å²) in [5.41, 5.74) is 0.292. The third-order valence-corrected chi connectivity index (χ3v) is 5.22. The van der Waals surface area contributed by atoms with Crippen molar-refractivity contribution < 1.29 is 17.9 Å². The number of amides is 1. The number of nitrogens with one attached hydrogen (secondary N) is 2. The van der Waals surface area contributed by atoms with Gasteiger partial charge in [0.05, 0.1) is 7.11 Å². The first-order chi connectivity index (χ1) is 11.2. The van der Waals surface area contributed by atoms with Crippen molar-refractivity contribution in [2.75, 3.05) is 14.2 Å². The Morgan fingerprint density at radius 2 is 1.88 bits per heavy atom. The molecule has 0 aliphatic heterocycles. The molecule has 0 aliphatic rings. The van der Waals surface area contributed by atoms with E-state index in [0.717, 1.165) is 19.3 Å². The predicted molar refractivity (Wildman–Crippen MR) is 94.9 cm³/mol. The summed E-state index contributed by atoms with van der Waals surface area (Å²) in [5, 5.41) is 2.91. The molecule has 1 aromatic carbocycles. The molecule has 0 radical (unpaired) electrons. The molecule has 136 valence electrons. The van der Waals surface area contributed by atoms with E-state index in [4.69, 9.17) is 4.74 Å². The Hall–Kier alpha value is -1.60. The summed E-state index contributed by atoms with van der Waals surface area (Å²) in [6.45, 7) is 6.29. The van der Waals surface area contributed by atoms with Crippen LogP contribution in [0.4, 0.5) is 0 Å². The van der Waals surface area contributed by atoms with Gasteiger partial charge >= 0.3 is 0 Å². The third-order valence-electron chi connectivity index (χ3n) is 3.78. The molecule has 0 aliphatic carbocycles. The summed E-state index contributed by atoms with van der Waals surface area (Å²) in [5.74, 6) is 0.553. The van der Waals surface area contributed by atoms with Crippen LogP contribution in [0.1, 0.15) is 50.4 Å². The zero-order chi connectivity index (χ0) is 18.3. The smallest absolute Gasteiger partial charge is 0.251 e. The highest BCUT2D eigenvalue weighted by Gasteiger charge is 2.20. The minimum Gasteiger partial charge on any atom is -0.495 e. The zero-order valence-electron chi connectivity index (χ0n) is 15.0. The van der Waals surface area contributed by atoms with E-state index in [1.807, 2.05) is 6.92 Å². The Kier molecular flexibility index (Phi) is 7.69. The molecule has 0 bridgehead atoms. The highest BCUT2D eigenvalue weighted by Crippen LogP contribution is 2.24. The van der Waals surface area contributed by atoms with Gasteiger partial charge < -0.3 is 10.1 Å². The van der Waals surface area contributed by atoms with Gasteiger partial charge in [-0.3, -0.25) is 4.79 Å². The second kappa shape index (κ2) is 9.03. The van der Waals surface area contributed by atoms with Crippen LogP contribution in [0.15, 0.2) is 23.1 Å². The number of ether oxygens (including phenoxy) is 1. The Morgan fingerprint density at radius 3 is 2.42 bits per heavy atom. The zero-order valence-corrected chi connectivity index (χ0v) is 15.9. The van der Waals surface area contributed by atoms with E-state index < -0.39 is 10.0 Å². The molecule has 1 amide bonds. The fourth-order valence-corrected chi connectivity index (χ4v) is 3.27. The first-order valence-corrected chi connectivity index (χ1v) is 9.62. The van der Waals surface area contributed by atoms with Gasteiger partial charge in [-0.1, -0.05) is 26.7 Å². The monoisotopic (exact) mass is 356 g/mol. The van der Waals surface area contributed by atoms with Crippen LogP contribution in [0, 0.1) is 5.92 Å². The average Bonchev–Trinajstić information content (AvgIpc) is 2.53. The molecule has 6 nitrogen and oxygen atoms in total. The molecule has 1 atom stereocenters. The number of carbonyl (C=O) groups excluding carboxylic acids is 1. The van der Waals surface area contributed by atoms with Crippen LogP contribution in [-0.2, 0) is 10.0 Å². The summed E-state index contributed by atoms with van der Waals surface area (Å²) in [7, 11) is -0.997. The SMILES string of the molecule is CNS(=O)(=O)c1cc(C(=O)N[C@H](C)CCCC(C)C)ccc1OC. The van der Waals surface area contributed by atoms with Gasteiger partial charge in [0.25, 0.3) is 5.91 Å². The van der Waals surface area contributed by atoms with Crippen LogP contribution >= 0.6 is 0 Å². The van der Waals surface area contributed by atoms with E-state index in [1.165, 1.54) is 26.3 Å². The highest BCUT2D eigenvalue weighted by atomic mass is 32.2. The van der Waals surface area contributed by atoms with Gasteiger partial charge in [-0.25, -0.2) is 13.1 Å². The Labute approximate surface area is 145 Å². The normalized spacial score (nSPS) is 12.9. The van der Waals surface area contributed by atoms with Crippen molar-refractivity contribution in [2.45, 2.75) is 51.0 Å². The lowest BCUT2D eigenvalue weighted by atomic mass is 10.0. The van der Waals surface area contributed by atoms with Gasteiger partial charge in [0, 0.05) is 11.6 Å². The van der Waals surface area contributed by atoms with Crippen molar-refractivity contribution in [1.82, 2.24) is 10.0 Å². The molecule has 0 unspecified atom stereocenters. The van der Waals surface area contributed by atoms with E-state index in [0.29, 0.717) is 11.5 Å². The molecular weight excluding hydrogens is 328 g/mol. The Balaban J connectivity index is 2.86. The van der Waals surface area contributed by atoms with Crippen LogP contribution in [0.3, 0.4) is 0 Å². The van der Waals surface area contributed by atoms with Gasteiger partial charge in [-0.15, -0.1) is 0 Å². The first kappa shape index (κ1) is 20.4. The lowest BCUT2D eigenvalue weighted by Crippen LogP contribution is -2.32. The van der Waals surface area contributed by atoms with Crippen molar-refractivity contribution in [3.63, 3.8) is 0 Å². The molecule has 1 aromatic rings. The van der Waals surface area contributed by atoms with Gasteiger partial charge in [0.2, 0.25) is 10.0 Å². The maximum absolute atomic E-state index is 12.4. The third kappa shape index (κ3) is 5.79. The molecule has 0 heterocycles. The number of sulfonamides is 1. The highest BCUT2D eigenvalue weighted by molar-refractivity contribution is 7.89. The molecule has 0 aromatic heterocycles. The van der Waals surface area contributed by atoms with Gasteiger partial charge in [0.15, 0.2) is 0 Å².